The highest BCUT2D eigenvalue weighted by Gasteiger charge is 2.27. The van der Waals surface area contributed by atoms with Gasteiger partial charge in [-0.1, -0.05) is 0 Å². The molecule has 0 bridgehead atoms. The first-order valence-electron chi connectivity index (χ1n) is 9.37. The van der Waals surface area contributed by atoms with Gasteiger partial charge < -0.3 is 5.01 Å². The lowest BCUT2D eigenvalue weighted by molar-refractivity contribution is 0.0566. The molecule has 0 saturated heterocycles. The number of ketones is 1. The fourth-order valence-corrected chi connectivity index (χ4v) is 3.68. The molecule has 9 heteroatoms. The summed E-state index contributed by atoms with van der Waals surface area (Å²) in [6, 6.07) is 4.23. The van der Waals surface area contributed by atoms with Gasteiger partial charge in [-0.25, -0.2) is 9.07 Å². The van der Waals surface area contributed by atoms with Crippen molar-refractivity contribution in [3.05, 3.63) is 64.0 Å². The highest BCUT2D eigenvalue weighted by Crippen LogP contribution is 2.35. The van der Waals surface area contributed by atoms with E-state index >= 15 is 0 Å². The Bertz CT molecular complexity index is 1210. The number of alkyl halides is 2. The maximum absolute atomic E-state index is 15.0. The smallest absolute Gasteiger partial charge is 0.306 e. The molecular weight excluding hydrogens is 397 g/mol. The zero-order valence-electron chi connectivity index (χ0n) is 16.6. The summed E-state index contributed by atoms with van der Waals surface area (Å²) >= 11 is 0. The third-order valence-electron chi connectivity index (χ3n) is 5.20. The summed E-state index contributed by atoms with van der Waals surface area (Å²) in [5.41, 5.74) is 1.73. The molecule has 0 amide bonds. The van der Waals surface area contributed by atoms with Crippen molar-refractivity contribution >= 4 is 5.78 Å². The summed E-state index contributed by atoms with van der Waals surface area (Å²) in [5.74, 6) is -0.961. The molecule has 0 atom stereocenters. The summed E-state index contributed by atoms with van der Waals surface area (Å²) in [7, 11) is 0. The number of hydrogen-bond donors (Lipinski definition) is 0. The Morgan fingerprint density at radius 3 is 2.47 bits per heavy atom. The third-order valence-corrected chi connectivity index (χ3v) is 5.20. The Hall–Kier alpha value is -3.36. The monoisotopic (exact) mass is 416 g/mol. The van der Waals surface area contributed by atoms with E-state index in [0.29, 0.717) is 22.5 Å². The van der Waals surface area contributed by atoms with Crippen LogP contribution in [0.25, 0.3) is 22.4 Å². The van der Waals surface area contributed by atoms with Gasteiger partial charge in [0.15, 0.2) is 11.2 Å². The van der Waals surface area contributed by atoms with Crippen LogP contribution >= 0.6 is 0 Å². The number of pyridine rings is 1. The van der Waals surface area contributed by atoms with Gasteiger partial charge in [-0.15, -0.1) is 0 Å². The van der Waals surface area contributed by atoms with Crippen molar-refractivity contribution in [2.45, 2.75) is 39.9 Å². The normalized spacial score (nSPS) is 13.0. The van der Waals surface area contributed by atoms with Gasteiger partial charge in [-0.2, -0.15) is 13.9 Å². The van der Waals surface area contributed by atoms with E-state index < -0.39 is 17.8 Å². The van der Waals surface area contributed by atoms with Gasteiger partial charge in [0.25, 0.3) is 0 Å². The molecule has 0 aliphatic carbocycles. The van der Waals surface area contributed by atoms with Crippen LogP contribution in [0.4, 0.5) is 13.2 Å². The number of rotatable bonds is 4. The number of halogens is 3. The molecule has 0 fully saturated rings. The first kappa shape index (κ1) is 19.9. The molecule has 0 N–H and O–H groups in total. The minimum Gasteiger partial charge on any atom is -0.306 e. The molecule has 2 aromatic heterocycles. The van der Waals surface area contributed by atoms with Crippen molar-refractivity contribution in [3.63, 3.8) is 0 Å². The topological polar surface area (TPSA) is 60.1 Å². The maximum Gasteiger partial charge on any atom is 0.333 e. The van der Waals surface area contributed by atoms with Crippen molar-refractivity contribution in [2.75, 3.05) is 5.01 Å². The number of hydrogen-bond acceptors (Lipinski definition) is 4. The Balaban J connectivity index is 1.91. The molecule has 0 unspecified atom stereocenters. The summed E-state index contributed by atoms with van der Waals surface area (Å²) in [6.45, 7) is 2.81. The molecule has 3 heterocycles. The van der Waals surface area contributed by atoms with E-state index in [1.807, 2.05) is 18.9 Å². The molecule has 30 heavy (non-hydrogen) atoms. The van der Waals surface area contributed by atoms with Gasteiger partial charge in [-0.05, 0) is 38.5 Å². The average molecular weight is 416 g/mol. The molecular formula is C21H19F3N4O2. The van der Waals surface area contributed by atoms with Gasteiger partial charge in [-0.3, -0.25) is 14.3 Å². The Morgan fingerprint density at radius 2 is 1.87 bits per heavy atom. The van der Waals surface area contributed by atoms with E-state index in [9.17, 15) is 22.8 Å². The lowest BCUT2D eigenvalue weighted by atomic mass is 9.95. The quantitative estimate of drug-likeness (QED) is 0.604. The van der Waals surface area contributed by atoms with Crippen LogP contribution in [-0.4, -0.2) is 26.3 Å². The fourth-order valence-electron chi connectivity index (χ4n) is 3.68. The van der Waals surface area contributed by atoms with Crippen molar-refractivity contribution in [1.29, 1.82) is 0 Å². The molecule has 6 nitrogen and oxygen atoms in total. The SMILES string of the molecule is CC(=O)c1cn2c(cc1=O)-c1cc(F)c(-c3cnn(C(F)F)c3)cc1CN2C(C)C. The van der Waals surface area contributed by atoms with Gasteiger partial charge in [0.05, 0.1) is 24.0 Å². The Morgan fingerprint density at radius 1 is 1.13 bits per heavy atom. The first-order valence-corrected chi connectivity index (χ1v) is 9.37. The number of Topliss-reactive ketones (excluding diaryl/α,β-unsaturated/α-hetero) is 1. The molecule has 0 radical (unpaired) electrons. The number of benzene rings is 1. The average Bonchev–Trinajstić information content (AvgIpc) is 3.16. The summed E-state index contributed by atoms with van der Waals surface area (Å²) < 4.78 is 42.8. The number of fused-ring (bicyclic) bond motifs is 3. The van der Waals surface area contributed by atoms with E-state index in [1.165, 1.54) is 31.5 Å². The van der Waals surface area contributed by atoms with Crippen molar-refractivity contribution in [2.24, 2.45) is 0 Å². The van der Waals surface area contributed by atoms with Crippen molar-refractivity contribution in [1.82, 2.24) is 14.5 Å². The van der Waals surface area contributed by atoms with E-state index in [1.54, 1.807) is 10.7 Å². The second-order valence-corrected chi connectivity index (χ2v) is 7.50. The lowest BCUT2D eigenvalue weighted by Crippen LogP contribution is -2.44. The summed E-state index contributed by atoms with van der Waals surface area (Å²) in [5, 5.41) is 5.51. The van der Waals surface area contributed by atoms with Crippen LogP contribution in [0.5, 0.6) is 0 Å². The zero-order chi connectivity index (χ0) is 21.7. The number of aromatic nitrogens is 3. The predicted octanol–water partition coefficient (Wildman–Crippen LogP) is 3.98. The van der Waals surface area contributed by atoms with Gasteiger partial charge in [0.2, 0.25) is 0 Å². The van der Waals surface area contributed by atoms with Gasteiger partial charge in [0.1, 0.15) is 5.82 Å². The van der Waals surface area contributed by atoms with Gasteiger partial charge in [0, 0.05) is 41.2 Å². The van der Waals surface area contributed by atoms with Crippen LogP contribution in [0, 0.1) is 5.82 Å². The molecule has 1 aliphatic rings. The van der Waals surface area contributed by atoms with Gasteiger partial charge >= 0.3 is 6.55 Å². The number of nitrogens with zero attached hydrogens (tertiary/aromatic N) is 4. The second kappa shape index (κ2) is 7.16. The predicted molar refractivity (Wildman–Crippen MR) is 106 cm³/mol. The molecule has 4 rings (SSSR count). The lowest BCUT2D eigenvalue weighted by Gasteiger charge is -2.38. The number of carbonyl (C=O) groups excluding carboxylic acids is 1. The largest absolute Gasteiger partial charge is 0.333 e. The molecule has 156 valence electrons. The summed E-state index contributed by atoms with van der Waals surface area (Å²) in [6.07, 6.45) is 3.77. The van der Waals surface area contributed by atoms with Crippen molar-refractivity contribution < 1.29 is 18.0 Å². The minimum atomic E-state index is -2.81. The second-order valence-electron chi connectivity index (χ2n) is 7.50. The zero-order valence-corrected chi connectivity index (χ0v) is 16.6. The molecule has 0 saturated carbocycles. The fraction of sp³-hybridized carbons (Fsp3) is 0.286. The van der Waals surface area contributed by atoms with Crippen LogP contribution in [-0.2, 0) is 6.54 Å². The van der Waals surface area contributed by atoms with Crippen LogP contribution in [0.1, 0.15) is 43.2 Å². The van der Waals surface area contributed by atoms with Crippen molar-refractivity contribution in [3.8, 4) is 22.4 Å². The first-order chi connectivity index (χ1) is 14.2. The molecule has 0 spiro atoms. The molecule has 3 aromatic rings. The highest BCUT2D eigenvalue weighted by atomic mass is 19.3. The third kappa shape index (κ3) is 3.20. The maximum atomic E-state index is 15.0. The molecule has 1 aliphatic heterocycles. The van der Waals surface area contributed by atoms with E-state index in [2.05, 4.69) is 5.10 Å². The minimum absolute atomic E-state index is 0.00861. The standard InChI is InChI=1S/C21H19F3N4O2/c1-11(2)27-9-13-4-15(14-7-25-26(8-14)21(23)24)18(22)5-16(13)19-6-20(30)17(12(3)29)10-28(19)27/h4-8,10-11,21H,9H2,1-3H3. The van der Waals surface area contributed by atoms with E-state index in [4.69, 9.17) is 0 Å². The molecule has 1 aromatic carbocycles. The van der Waals surface area contributed by atoms with E-state index in [-0.39, 0.29) is 28.5 Å². The number of carbonyl (C=O) groups is 1. The van der Waals surface area contributed by atoms with Crippen LogP contribution in [0.15, 0.2) is 41.6 Å². The Labute approximate surface area is 170 Å². The summed E-state index contributed by atoms with van der Waals surface area (Å²) in [4.78, 5) is 24.3. The van der Waals surface area contributed by atoms with E-state index in [0.717, 1.165) is 11.8 Å². The van der Waals surface area contributed by atoms with Crippen LogP contribution in [0.2, 0.25) is 0 Å². The van der Waals surface area contributed by atoms with Crippen LogP contribution in [0.3, 0.4) is 0 Å². The Kier molecular flexibility index (Phi) is 4.76. The highest BCUT2D eigenvalue weighted by molar-refractivity contribution is 5.94. The van der Waals surface area contributed by atoms with Crippen LogP contribution < -0.4 is 10.4 Å².